The van der Waals surface area contributed by atoms with E-state index in [1.807, 2.05) is 56.3 Å². The van der Waals surface area contributed by atoms with E-state index in [1.54, 1.807) is 18.2 Å². The van der Waals surface area contributed by atoms with Gasteiger partial charge in [-0.2, -0.15) is 0 Å². The number of amides is 1. The highest BCUT2D eigenvalue weighted by molar-refractivity contribution is 6.39. The minimum Gasteiger partial charge on any atom is -0.353 e. The van der Waals surface area contributed by atoms with Crippen LogP contribution in [0.2, 0.25) is 10.0 Å². The molecule has 0 fully saturated rings. The van der Waals surface area contributed by atoms with Crippen molar-refractivity contribution in [2.75, 3.05) is 10.6 Å². The number of carbonyl (C=O) groups excluding carboxylic acids is 1. The molecule has 0 aliphatic carbocycles. The minimum atomic E-state index is -0.0804. The molecule has 2 N–H and O–H groups in total. The van der Waals surface area contributed by atoms with Gasteiger partial charge in [-0.05, 0) is 54.8 Å². The van der Waals surface area contributed by atoms with Crippen molar-refractivity contribution in [3.63, 3.8) is 0 Å². The number of benzene rings is 3. The maximum absolute atomic E-state index is 12.6. The predicted octanol–water partition coefficient (Wildman–Crippen LogP) is 6.54. The second-order valence-electron chi connectivity index (χ2n) is 6.35. The van der Waals surface area contributed by atoms with Gasteiger partial charge in [0.05, 0.1) is 22.2 Å². The number of carbonyl (C=O) groups is 1. The van der Waals surface area contributed by atoms with Crippen LogP contribution >= 0.6 is 23.2 Å². The summed E-state index contributed by atoms with van der Waals surface area (Å²) in [6.07, 6.45) is 0.235. The van der Waals surface area contributed by atoms with Crippen LogP contribution in [0.5, 0.6) is 0 Å². The standard InChI is InChI=1S/C22H20Cl2N2O/c1-14-7-5-12-19(15(14)2)25-21(27)13-16-8-3-4-11-20(16)26-22-17(23)9-6-10-18(22)24/h3-12,26H,13H2,1-2H3,(H,25,27). The van der Waals surface area contributed by atoms with Crippen LogP contribution in [0.1, 0.15) is 16.7 Å². The van der Waals surface area contributed by atoms with Crippen molar-refractivity contribution in [2.24, 2.45) is 0 Å². The van der Waals surface area contributed by atoms with Gasteiger partial charge in [0, 0.05) is 11.4 Å². The van der Waals surface area contributed by atoms with Crippen molar-refractivity contribution in [3.8, 4) is 0 Å². The van der Waals surface area contributed by atoms with Crippen molar-refractivity contribution < 1.29 is 4.79 Å². The quantitative estimate of drug-likeness (QED) is 0.512. The Labute approximate surface area is 169 Å². The van der Waals surface area contributed by atoms with Gasteiger partial charge in [-0.25, -0.2) is 0 Å². The summed E-state index contributed by atoms with van der Waals surface area (Å²) >= 11 is 12.5. The summed E-state index contributed by atoms with van der Waals surface area (Å²) < 4.78 is 0. The SMILES string of the molecule is Cc1cccc(NC(=O)Cc2ccccc2Nc2c(Cl)cccc2Cl)c1C. The zero-order chi connectivity index (χ0) is 19.4. The molecular formula is C22H20Cl2N2O. The molecule has 3 aromatic rings. The number of halogens is 2. The number of hydrogen-bond acceptors (Lipinski definition) is 2. The highest BCUT2D eigenvalue weighted by Gasteiger charge is 2.12. The van der Waals surface area contributed by atoms with E-state index in [4.69, 9.17) is 23.2 Å². The van der Waals surface area contributed by atoms with E-state index in [1.165, 1.54) is 0 Å². The van der Waals surface area contributed by atoms with Crippen LogP contribution in [-0.4, -0.2) is 5.91 Å². The fourth-order valence-corrected chi connectivity index (χ4v) is 3.29. The van der Waals surface area contributed by atoms with Gasteiger partial charge in [-0.3, -0.25) is 4.79 Å². The topological polar surface area (TPSA) is 41.1 Å². The highest BCUT2D eigenvalue weighted by atomic mass is 35.5. The molecule has 0 spiro atoms. The van der Waals surface area contributed by atoms with Crippen molar-refractivity contribution in [1.82, 2.24) is 0 Å². The van der Waals surface area contributed by atoms with Crippen LogP contribution < -0.4 is 10.6 Å². The second kappa shape index (κ2) is 8.47. The van der Waals surface area contributed by atoms with Gasteiger partial charge in [-0.15, -0.1) is 0 Å². The lowest BCUT2D eigenvalue weighted by atomic mass is 10.1. The molecule has 3 rings (SSSR count). The van der Waals surface area contributed by atoms with Crippen LogP contribution in [0.3, 0.4) is 0 Å². The first-order valence-corrected chi connectivity index (χ1v) is 9.36. The van der Waals surface area contributed by atoms with Crippen LogP contribution in [0, 0.1) is 13.8 Å². The van der Waals surface area contributed by atoms with Crippen LogP contribution in [-0.2, 0) is 11.2 Å². The summed E-state index contributed by atoms with van der Waals surface area (Å²) in [6.45, 7) is 4.03. The molecule has 0 radical (unpaired) electrons. The van der Waals surface area contributed by atoms with Crippen molar-refractivity contribution in [3.05, 3.63) is 87.4 Å². The Hall–Kier alpha value is -2.49. The number of para-hydroxylation sites is 2. The third-order valence-corrected chi connectivity index (χ3v) is 5.10. The molecule has 0 atom stereocenters. The van der Waals surface area contributed by atoms with E-state index in [9.17, 15) is 4.79 Å². The predicted molar refractivity (Wildman–Crippen MR) is 114 cm³/mol. The maximum atomic E-state index is 12.6. The number of rotatable bonds is 5. The number of anilines is 3. The summed E-state index contributed by atoms with van der Waals surface area (Å²) in [7, 11) is 0. The molecular weight excluding hydrogens is 379 g/mol. The zero-order valence-electron chi connectivity index (χ0n) is 15.1. The summed E-state index contributed by atoms with van der Waals surface area (Å²) in [5.41, 5.74) is 5.33. The molecule has 1 amide bonds. The van der Waals surface area contributed by atoms with Gasteiger partial charge in [0.15, 0.2) is 0 Å². The van der Waals surface area contributed by atoms with E-state index in [0.717, 1.165) is 28.1 Å². The van der Waals surface area contributed by atoms with Gasteiger partial charge >= 0.3 is 0 Å². The maximum Gasteiger partial charge on any atom is 0.228 e. The summed E-state index contributed by atoms with van der Waals surface area (Å²) in [4.78, 5) is 12.6. The van der Waals surface area contributed by atoms with E-state index in [0.29, 0.717) is 15.7 Å². The molecule has 138 valence electrons. The van der Waals surface area contributed by atoms with E-state index < -0.39 is 0 Å². The molecule has 0 aromatic heterocycles. The van der Waals surface area contributed by atoms with Gasteiger partial charge in [-0.1, -0.05) is 59.6 Å². The second-order valence-corrected chi connectivity index (χ2v) is 7.17. The Morgan fingerprint density at radius 3 is 2.22 bits per heavy atom. The smallest absolute Gasteiger partial charge is 0.228 e. The summed E-state index contributed by atoms with van der Waals surface area (Å²) in [6, 6.07) is 18.8. The van der Waals surface area contributed by atoms with Gasteiger partial charge in [0.25, 0.3) is 0 Å². The normalized spacial score (nSPS) is 10.5. The van der Waals surface area contributed by atoms with E-state index in [2.05, 4.69) is 10.6 Å². The first-order valence-electron chi connectivity index (χ1n) is 8.60. The molecule has 5 heteroatoms. The van der Waals surface area contributed by atoms with Crippen molar-refractivity contribution in [2.45, 2.75) is 20.3 Å². The first kappa shape index (κ1) is 19.3. The highest BCUT2D eigenvalue weighted by Crippen LogP contribution is 2.33. The third kappa shape index (κ3) is 4.62. The number of hydrogen-bond donors (Lipinski definition) is 2. The monoisotopic (exact) mass is 398 g/mol. The Kier molecular flexibility index (Phi) is 6.04. The van der Waals surface area contributed by atoms with Gasteiger partial charge < -0.3 is 10.6 Å². The van der Waals surface area contributed by atoms with Crippen molar-refractivity contribution in [1.29, 1.82) is 0 Å². The Balaban J connectivity index is 1.80. The molecule has 0 heterocycles. The van der Waals surface area contributed by atoms with E-state index in [-0.39, 0.29) is 12.3 Å². The molecule has 0 unspecified atom stereocenters. The lowest BCUT2D eigenvalue weighted by molar-refractivity contribution is -0.115. The lowest BCUT2D eigenvalue weighted by Gasteiger charge is -2.15. The van der Waals surface area contributed by atoms with Gasteiger partial charge in [0.2, 0.25) is 5.91 Å². The van der Waals surface area contributed by atoms with Crippen molar-refractivity contribution >= 4 is 46.2 Å². The lowest BCUT2D eigenvalue weighted by Crippen LogP contribution is -2.16. The largest absolute Gasteiger partial charge is 0.353 e. The summed E-state index contributed by atoms with van der Waals surface area (Å²) in [5, 5.41) is 7.30. The number of nitrogens with one attached hydrogen (secondary N) is 2. The van der Waals surface area contributed by atoms with E-state index >= 15 is 0 Å². The third-order valence-electron chi connectivity index (χ3n) is 4.47. The zero-order valence-corrected chi connectivity index (χ0v) is 16.7. The molecule has 3 aromatic carbocycles. The minimum absolute atomic E-state index is 0.0804. The fraction of sp³-hybridized carbons (Fsp3) is 0.136. The van der Waals surface area contributed by atoms with Crippen LogP contribution in [0.15, 0.2) is 60.7 Å². The average Bonchev–Trinajstić information content (AvgIpc) is 2.63. The van der Waals surface area contributed by atoms with Crippen LogP contribution in [0.25, 0.3) is 0 Å². The molecule has 0 saturated heterocycles. The Morgan fingerprint density at radius 2 is 1.48 bits per heavy atom. The molecule has 3 nitrogen and oxygen atoms in total. The average molecular weight is 399 g/mol. The Morgan fingerprint density at radius 1 is 0.852 bits per heavy atom. The molecule has 0 aliphatic heterocycles. The molecule has 0 saturated carbocycles. The fourth-order valence-electron chi connectivity index (χ4n) is 2.80. The molecule has 27 heavy (non-hydrogen) atoms. The van der Waals surface area contributed by atoms with Gasteiger partial charge in [0.1, 0.15) is 0 Å². The number of aryl methyl sites for hydroxylation is 1. The summed E-state index contributed by atoms with van der Waals surface area (Å²) in [5.74, 6) is -0.0804. The first-order chi connectivity index (χ1) is 13.0. The molecule has 0 bridgehead atoms. The molecule has 0 aliphatic rings. The van der Waals surface area contributed by atoms with Crippen LogP contribution in [0.4, 0.5) is 17.1 Å². The Bertz CT molecular complexity index is 966.